The van der Waals surface area contributed by atoms with Gasteiger partial charge in [0.25, 0.3) is 5.91 Å². The van der Waals surface area contributed by atoms with E-state index in [2.05, 4.69) is 19.2 Å². The molecule has 1 aromatic rings. The Balaban J connectivity index is 2.51. The molecule has 0 aliphatic heterocycles. The number of benzene rings is 1. The Morgan fingerprint density at radius 2 is 1.90 bits per heavy atom. The van der Waals surface area contributed by atoms with Crippen molar-refractivity contribution in [3.05, 3.63) is 29.8 Å². The van der Waals surface area contributed by atoms with E-state index >= 15 is 0 Å². The van der Waals surface area contributed by atoms with Crippen LogP contribution in [0.4, 0.5) is 0 Å². The van der Waals surface area contributed by atoms with Gasteiger partial charge in [0.15, 0.2) is 0 Å². The number of hydrogen-bond acceptors (Lipinski definition) is 2. The number of amides is 1. The predicted octanol–water partition coefficient (Wildman–Crippen LogP) is 3.37. The second kappa shape index (κ2) is 8.90. The second-order valence-corrected chi connectivity index (χ2v) is 6.48. The van der Waals surface area contributed by atoms with Crippen LogP contribution in [0.25, 0.3) is 0 Å². The van der Waals surface area contributed by atoms with Gasteiger partial charge in [-0.15, -0.1) is 0 Å². The first kappa shape index (κ1) is 16.9. The van der Waals surface area contributed by atoms with Crippen LogP contribution in [0.3, 0.4) is 0 Å². The van der Waals surface area contributed by atoms with Gasteiger partial charge in [0.1, 0.15) is 0 Å². The van der Waals surface area contributed by atoms with Crippen LogP contribution in [0.5, 0.6) is 0 Å². The Bertz CT molecular complexity index is 442. The highest BCUT2D eigenvalue weighted by Crippen LogP contribution is 2.12. The lowest BCUT2D eigenvalue weighted by atomic mass is 9.99. The van der Waals surface area contributed by atoms with Crippen LogP contribution < -0.4 is 5.32 Å². The zero-order valence-electron chi connectivity index (χ0n) is 12.6. The molecular formula is C16H25NO2S. The summed E-state index contributed by atoms with van der Waals surface area (Å²) in [6.45, 7) is 5.08. The van der Waals surface area contributed by atoms with Crippen molar-refractivity contribution in [1.82, 2.24) is 5.32 Å². The van der Waals surface area contributed by atoms with Crippen molar-refractivity contribution in [2.24, 2.45) is 5.92 Å². The minimum Gasteiger partial charge on any atom is -0.352 e. The molecule has 2 unspecified atom stereocenters. The summed E-state index contributed by atoms with van der Waals surface area (Å²) in [4.78, 5) is 12.8. The summed E-state index contributed by atoms with van der Waals surface area (Å²) >= 11 is 0. The quantitative estimate of drug-likeness (QED) is 0.799. The maximum atomic E-state index is 12.0. The van der Waals surface area contributed by atoms with Crippen LogP contribution in [0.15, 0.2) is 29.2 Å². The van der Waals surface area contributed by atoms with Gasteiger partial charge in [0.2, 0.25) is 0 Å². The Labute approximate surface area is 124 Å². The molecule has 0 saturated heterocycles. The van der Waals surface area contributed by atoms with Crippen molar-refractivity contribution < 1.29 is 9.00 Å². The molecule has 1 amide bonds. The van der Waals surface area contributed by atoms with Gasteiger partial charge in [0, 0.05) is 34.1 Å². The molecular weight excluding hydrogens is 270 g/mol. The van der Waals surface area contributed by atoms with Crippen LogP contribution in [0, 0.1) is 5.92 Å². The Hall–Kier alpha value is -1.16. The van der Waals surface area contributed by atoms with E-state index in [1.807, 2.05) is 0 Å². The molecule has 0 saturated carbocycles. The standard InChI is InChI=1S/C16H25NO2S/c1-4-6-7-13(5-2)12-17-16(18)14-8-10-15(11-9-14)20(3)19/h8-11,13H,4-7,12H2,1-3H3,(H,17,18). The van der Waals surface area contributed by atoms with Crippen LogP contribution >= 0.6 is 0 Å². The predicted molar refractivity (Wildman–Crippen MR) is 84.4 cm³/mol. The van der Waals surface area contributed by atoms with E-state index in [0.29, 0.717) is 11.5 Å². The summed E-state index contributed by atoms with van der Waals surface area (Å²) < 4.78 is 11.3. The third-order valence-electron chi connectivity index (χ3n) is 3.54. The SMILES string of the molecule is CCCCC(CC)CNC(=O)c1ccc(S(C)=O)cc1. The van der Waals surface area contributed by atoms with Gasteiger partial charge in [0.05, 0.1) is 0 Å². The van der Waals surface area contributed by atoms with Gasteiger partial charge in [-0.3, -0.25) is 9.00 Å². The lowest BCUT2D eigenvalue weighted by Gasteiger charge is -2.15. The first-order chi connectivity index (χ1) is 9.58. The normalized spacial score (nSPS) is 13.8. The van der Waals surface area contributed by atoms with Crippen LogP contribution in [-0.4, -0.2) is 22.9 Å². The molecule has 0 radical (unpaired) electrons. The Morgan fingerprint density at radius 1 is 1.25 bits per heavy atom. The van der Waals surface area contributed by atoms with Crippen molar-refractivity contribution >= 4 is 16.7 Å². The van der Waals surface area contributed by atoms with Gasteiger partial charge in [-0.1, -0.05) is 33.1 Å². The van der Waals surface area contributed by atoms with Crippen LogP contribution in [0.1, 0.15) is 49.9 Å². The monoisotopic (exact) mass is 295 g/mol. The van der Waals surface area contributed by atoms with Crippen molar-refractivity contribution in [2.75, 3.05) is 12.8 Å². The summed E-state index contributed by atoms with van der Waals surface area (Å²) in [5, 5.41) is 2.99. The first-order valence-electron chi connectivity index (χ1n) is 7.30. The zero-order chi connectivity index (χ0) is 15.0. The summed E-state index contributed by atoms with van der Waals surface area (Å²) in [6.07, 6.45) is 6.30. The molecule has 0 bridgehead atoms. The fourth-order valence-corrected chi connectivity index (χ4v) is 2.60. The van der Waals surface area contributed by atoms with E-state index < -0.39 is 10.8 Å². The van der Waals surface area contributed by atoms with Gasteiger partial charge in [-0.25, -0.2) is 0 Å². The summed E-state index contributed by atoms with van der Waals surface area (Å²) in [5.41, 5.74) is 0.629. The molecule has 1 aromatic carbocycles. The van der Waals surface area contributed by atoms with Crippen molar-refractivity contribution in [3.63, 3.8) is 0 Å². The van der Waals surface area contributed by atoms with Gasteiger partial charge >= 0.3 is 0 Å². The molecule has 1 N–H and O–H groups in total. The smallest absolute Gasteiger partial charge is 0.251 e. The number of carbonyl (C=O) groups excluding carboxylic acids is 1. The van der Waals surface area contributed by atoms with Gasteiger partial charge in [-0.05, 0) is 36.6 Å². The lowest BCUT2D eigenvalue weighted by molar-refractivity contribution is 0.0945. The number of carbonyl (C=O) groups is 1. The Morgan fingerprint density at radius 3 is 2.40 bits per heavy atom. The topological polar surface area (TPSA) is 46.2 Å². The second-order valence-electron chi connectivity index (χ2n) is 5.11. The first-order valence-corrected chi connectivity index (χ1v) is 8.86. The average Bonchev–Trinajstić information content (AvgIpc) is 2.47. The third kappa shape index (κ3) is 5.45. The van der Waals surface area contributed by atoms with E-state index in [0.717, 1.165) is 17.9 Å². The minimum absolute atomic E-state index is 0.0478. The van der Waals surface area contributed by atoms with Crippen molar-refractivity contribution in [1.29, 1.82) is 0 Å². The molecule has 2 atom stereocenters. The van der Waals surface area contributed by atoms with E-state index in [1.54, 1.807) is 30.5 Å². The van der Waals surface area contributed by atoms with Crippen LogP contribution in [0.2, 0.25) is 0 Å². The van der Waals surface area contributed by atoms with E-state index in [-0.39, 0.29) is 5.91 Å². The number of nitrogens with one attached hydrogen (secondary N) is 1. The third-order valence-corrected chi connectivity index (χ3v) is 4.48. The molecule has 20 heavy (non-hydrogen) atoms. The number of hydrogen-bond donors (Lipinski definition) is 1. The summed E-state index contributed by atoms with van der Waals surface area (Å²) in [6, 6.07) is 6.97. The lowest BCUT2D eigenvalue weighted by Crippen LogP contribution is -2.29. The van der Waals surface area contributed by atoms with E-state index in [4.69, 9.17) is 0 Å². The fourth-order valence-electron chi connectivity index (χ4n) is 2.08. The summed E-state index contributed by atoms with van der Waals surface area (Å²) in [5.74, 6) is 0.509. The maximum absolute atomic E-state index is 12.0. The zero-order valence-corrected chi connectivity index (χ0v) is 13.5. The van der Waals surface area contributed by atoms with Gasteiger partial charge < -0.3 is 5.32 Å². The largest absolute Gasteiger partial charge is 0.352 e. The van der Waals surface area contributed by atoms with Crippen molar-refractivity contribution in [3.8, 4) is 0 Å². The molecule has 112 valence electrons. The fraction of sp³-hybridized carbons (Fsp3) is 0.562. The molecule has 0 aromatic heterocycles. The minimum atomic E-state index is -0.998. The maximum Gasteiger partial charge on any atom is 0.251 e. The highest BCUT2D eigenvalue weighted by molar-refractivity contribution is 7.84. The molecule has 0 fully saturated rings. The summed E-state index contributed by atoms with van der Waals surface area (Å²) in [7, 11) is -0.998. The van der Waals surface area contributed by atoms with E-state index in [9.17, 15) is 9.00 Å². The molecule has 1 rings (SSSR count). The molecule has 0 aliphatic rings. The average molecular weight is 295 g/mol. The van der Waals surface area contributed by atoms with Crippen LogP contribution in [-0.2, 0) is 10.8 Å². The van der Waals surface area contributed by atoms with Gasteiger partial charge in [-0.2, -0.15) is 0 Å². The highest BCUT2D eigenvalue weighted by atomic mass is 32.2. The number of unbranched alkanes of at least 4 members (excludes halogenated alkanes) is 1. The highest BCUT2D eigenvalue weighted by Gasteiger charge is 2.10. The number of rotatable bonds is 8. The Kier molecular flexibility index (Phi) is 7.52. The van der Waals surface area contributed by atoms with Crippen molar-refractivity contribution in [2.45, 2.75) is 44.4 Å². The molecule has 0 heterocycles. The molecule has 4 heteroatoms. The molecule has 0 aliphatic carbocycles. The molecule has 0 spiro atoms. The van der Waals surface area contributed by atoms with E-state index in [1.165, 1.54) is 19.3 Å². The molecule has 3 nitrogen and oxygen atoms in total.